The molecule has 3 N–H and O–H groups in total. The lowest BCUT2D eigenvalue weighted by Gasteiger charge is -2.32. The van der Waals surface area contributed by atoms with Crippen molar-refractivity contribution in [3.63, 3.8) is 0 Å². The number of H-pyrrole nitrogens is 1. The van der Waals surface area contributed by atoms with Gasteiger partial charge in [0.05, 0.1) is 17.0 Å². The molecule has 9 heteroatoms. The van der Waals surface area contributed by atoms with Gasteiger partial charge in [0, 0.05) is 17.5 Å². The zero-order valence-electron chi connectivity index (χ0n) is 15.6. The second-order valence-corrected chi connectivity index (χ2v) is 7.53. The molecular weight excluding hydrogens is 366 g/mol. The average Bonchev–Trinajstić information content (AvgIpc) is 3.06. The van der Waals surface area contributed by atoms with Crippen LogP contribution in [0.1, 0.15) is 63.4 Å². The summed E-state index contributed by atoms with van der Waals surface area (Å²) in [5.41, 5.74) is 2.00. The number of aromatic nitrogens is 3. The normalized spacial score (nSPS) is 19.5. The molecule has 2 aromatic heterocycles. The van der Waals surface area contributed by atoms with Gasteiger partial charge in [0.15, 0.2) is 0 Å². The highest BCUT2D eigenvalue weighted by Crippen LogP contribution is 2.20. The number of hydrogen-bond acceptors (Lipinski definition) is 6. The van der Waals surface area contributed by atoms with Crippen LogP contribution in [0.2, 0.25) is 0 Å². The maximum atomic E-state index is 12.7. The SMILES string of the molecule is Cc1nscc1C(=O)N[C@H]1CCCC[C@@H]1NC(=O)c1c(C)c(C)n[nH]c1=O. The summed E-state index contributed by atoms with van der Waals surface area (Å²) in [5, 5.41) is 13.9. The maximum absolute atomic E-state index is 12.7. The highest BCUT2D eigenvalue weighted by atomic mass is 32.1. The topological polar surface area (TPSA) is 117 Å². The van der Waals surface area contributed by atoms with Gasteiger partial charge in [-0.05, 0) is 50.7 Å². The standard InChI is InChI=1S/C18H23N5O3S/c1-9-10(2)21-22-18(26)15(9)17(25)20-14-7-5-4-6-13(14)19-16(24)12-8-27-23-11(12)3/h8,13-14H,4-7H2,1-3H3,(H,19,24)(H,20,25)(H,22,26)/t13-,14-/m0/s1. The van der Waals surface area contributed by atoms with Crippen molar-refractivity contribution in [3.8, 4) is 0 Å². The monoisotopic (exact) mass is 389 g/mol. The Balaban J connectivity index is 1.75. The van der Waals surface area contributed by atoms with Crippen LogP contribution in [-0.2, 0) is 0 Å². The highest BCUT2D eigenvalue weighted by Gasteiger charge is 2.30. The number of nitrogens with zero attached hydrogens (tertiary/aromatic N) is 2. The van der Waals surface area contributed by atoms with Crippen LogP contribution in [0.25, 0.3) is 0 Å². The molecule has 0 aliphatic heterocycles. The van der Waals surface area contributed by atoms with Crippen molar-refractivity contribution in [2.45, 2.75) is 58.5 Å². The largest absolute Gasteiger partial charge is 0.347 e. The number of rotatable bonds is 4. The molecule has 0 bridgehead atoms. The first kappa shape index (κ1) is 19.2. The van der Waals surface area contributed by atoms with Crippen LogP contribution in [0.3, 0.4) is 0 Å². The molecule has 0 unspecified atom stereocenters. The van der Waals surface area contributed by atoms with Gasteiger partial charge in [-0.25, -0.2) is 5.10 Å². The second-order valence-electron chi connectivity index (χ2n) is 6.90. The van der Waals surface area contributed by atoms with E-state index in [9.17, 15) is 14.4 Å². The van der Waals surface area contributed by atoms with E-state index in [-0.39, 0.29) is 23.6 Å². The van der Waals surface area contributed by atoms with Gasteiger partial charge in [-0.3, -0.25) is 14.4 Å². The van der Waals surface area contributed by atoms with Crippen LogP contribution in [0.4, 0.5) is 0 Å². The summed E-state index contributed by atoms with van der Waals surface area (Å²) < 4.78 is 4.13. The van der Waals surface area contributed by atoms with Crippen molar-refractivity contribution in [1.82, 2.24) is 25.2 Å². The summed E-state index contributed by atoms with van der Waals surface area (Å²) in [4.78, 5) is 37.3. The molecule has 27 heavy (non-hydrogen) atoms. The zero-order chi connectivity index (χ0) is 19.6. The molecule has 3 rings (SSSR count). The summed E-state index contributed by atoms with van der Waals surface area (Å²) >= 11 is 1.25. The lowest BCUT2D eigenvalue weighted by Crippen LogP contribution is -2.53. The van der Waals surface area contributed by atoms with Gasteiger partial charge >= 0.3 is 0 Å². The molecule has 0 aromatic carbocycles. The Morgan fingerprint density at radius 2 is 1.70 bits per heavy atom. The van der Waals surface area contributed by atoms with Gasteiger partial charge in [0.1, 0.15) is 5.56 Å². The van der Waals surface area contributed by atoms with Crippen molar-refractivity contribution in [1.29, 1.82) is 0 Å². The predicted octanol–water partition coefficient (Wildman–Crippen LogP) is 1.62. The van der Waals surface area contributed by atoms with Gasteiger partial charge < -0.3 is 10.6 Å². The van der Waals surface area contributed by atoms with E-state index in [0.29, 0.717) is 22.5 Å². The van der Waals surface area contributed by atoms with Crippen LogP contribution in [0.5, 0.6) is 0 Å². The molecule has 0 saturated heterocycles. The first-order chi connectivity index (χ1) is 12.9. The maximum Gasteiger partial charge on any atom is 0.277 e. The molecule has 8 nitrogen and oxygen atoms in total. The van der Waals surface area contributed by atoms with Crippen molar-refractivity contribution in [3.05, 3.63) is 43.8 Å². The Bertz CT molecular complexity index is 920. The molecular formula is C18H23N5O3S. The fraction of sp³-hybridized carbons (Fsp3) is 0.500. The highest BCUT2D eigenvalue weighted by molar-refractivity contribution is 7.03. The van der Waals surface area contributed by atoms with E-state index in [1.54, 1.807) is 26.2 Å². The molecule has 2 aromatic rings. The lowest BCUT2D eigenvalue weighted by molar-refractivity contribution is 0.0861. The Kier molecular flexibility index (Phi) is 5.69. The van der Waals surface area contributed by atoms with Crippen LogP contribution >= 0.6 is 11.5 Å². The minimum Gasteiger partial charge on any atom is -0.347 e. The van der Waals surface area contributed by atoms with Crippen molar-refractivity contribution in [2.24, 2.45) is 0 Å². The Hall–Kier alpha value is -2.55. The van der Waals surface area contributed by atoms with Gasteiger partial charge in [0.2, 0.25) is 0 Å². The fourth-order valence-electron chi connectivity index (χ4n) is 3.37. The smallest absolute Gasteiger partial charge is 0.277 e. The molecule has 1 fully saturated rings. The summed E-state index contributed by atoms with van der Waals surface area (Å²) in [5.74, 6) is -0.611. The summed E-state index contributed by atoms with van der Waals surface area (Å²) in [6.45, 7) is 5.24. The van der Waals surface area contributed by atoms with E-state index in [1.807, 2.05) is 0 Å². The van der Waals surface area contributed by atoms with Crippen molar-refractivity contribution < 1.29 is 9.59 Å². The zero-order valence-corrected chi connectivity index (χ0v) is 16.4. The molecule has 1 aliphatic carbocycles. The molecule has 144 valence electrons. The van der Waals surface area contributed by atoms with Gasteiger partial charge in [-0.15, -0.1) is 0 Å². The van der Waals surface area contributed by atoms with Crippen molar-refractivity contribution >= 4 is 23.3 Å². The molecule has 2 atom stereocenters. The molecule has 1 aliphatic rings. The third-order valence-electron chi connectivity index (χ3n) is 5.09. The van der Waals surface area contributed by atoms with Gasteiger partial charge in [-0.2, -0.15) is 9.47 Å². The Morgan fingerprint density at radius 1 is 1.07 bits per heavy atom. The predicted molar refractivity (Wildman–Crippen MR) is 102 cm³/mol. The summed E-state index contributed by atoms with van der Waals surface area (Å²) in [6, 6.07) is -0.411. The number of amides is 2. The Morgan fingerprint density at radius 3 is 2.30 bits per heavy atom. The first-order valence-corrected chi connectivity index (χ1v) is 9.80. The number of aromatic amines is 1. The number of nitrogens with one attached hydrogen (secondary N) is 3. The number of carbonyl (C=O) groups excluding carboxylic acids is 2. The van der Waals surface area contributed by atoms with Gasteiger partial charge in [0.25, 0.3) is 17.4 Å². The van der Waals surface area contributed by atoms with Crippen LogP contribution in [0, 0.1) is 20.8 Å². The minimum atomic E-state index is -0.507. The van der Waals surface area contributed by atoms with Crippen molar-refractivity contribution in [2.75, 3.05) is 0 Å². The second kappa shape index (κ2) is 7.99. The van der Waals surface area contributed by atoms with Crippen LogP contribution in [0.15, 0.2) is 10.2 Å². The summed E-state index contributed by atoms with van der Waals surface area (Å²) in [6.07, 6.45) is 3.46. The molecule has 0 spiro atoms. The molecule has 0 radical (unpaired) electrons. The van der Waals surface area contributed by atoms with E-state index >= 15 is 0 Å². The van der Waals surface area contributed by atoms with E-state index in [1.165, 1.54) is 11.5 Å². The van der Waals surface area contributed by atoms with E-state index < -0.39 is 11.5 Å². The number of hydrogen-bond donors (Lipinski definition) is 3. The molecule has 1 saturated carbocycles. The fourth-order valence-corrected chi connectivity index (χ4v) is 4.06. The molecule has 2 heterocycles. The van der Waals surface area contributed by atoms with E-state index in [0.717, 1.165) is 25.7 Å². The van der Waals surface area contributed by atoms with Crippen LogP contribution < -0.4 is 16.2 Å². The van der Waals surface area contributed by atoms with E-state index in [2.05, 4.69) is 25.2 Å². The quantitative estimate of drug-likeness (QED) is 0.735. The van der Waals surface area contributed by atoms with E-state index in [4.69, 9.17) is 0 Å². The summed E-state index contributed by atoms with van der Waals surface area (Å²) in [7, 11) is 0. The third kappa shape index (κ3) is 4.08. The number of aryl methyl sites for hydroxylation is 2. The first-order valence-electron chi connectivity index (χ1n) is 8.97. The lowest BCUT2D eigenvalue weighted by atomic mass is 9.89. The minimum absolute atomic E-state index is 0.0797. The van der Waals surface area contributed by atoms with Crippen LogP contribution in [-0.4, -0.2) is 38.5 Å². The Labute approximate surface area is 160 Å². The third-order valence-corrected chi connectivity index (χ3v) is 5.81. The molecule has 2 amide bonds. The number of carbonyl (C=O) groups is 2. The van der Waals surface area contributed by atoms with Gasteiger partial charge in [-0.1, -0.05) is 12.8 Å². The average molecular weight is 389 g/mol.